The number of carbonyl (C=O) groups excluding carboxylic acids is 1. The van der Waals surface area contributed by atoms with E-state index in [0.717, 1.165) is 25.7 Å². The highest BCUT2D eigenvalue weighted by Crippen LogP contribution is 2.17. The first-order valence-corrected chi connectivity index (χ1v) is 9.45. The summed E-state index contributed by atoms with van der Waals surface area (Å²) in [5.41, 5.74) is -1.51. The molecule has 0 spiro atoms. The first kappa shape index (κ1) is 21.9. The smallest absolute Gasteiger partial charge is 0.337 e. The van der Waals surface area contributed by atoms with Crippen molar-refractivity contribution in [1.82, 2.24) is 19.0 Å². The van der Waals surface area contributed by atoms with Crippen molar-refractivity contribution in [2.75, 3.05) is 0 Å². The zero-order valence-corrected chi connectivity index (χ0v) is 16.5. The molecule has 0 fully saturated rings. The molecule has 29 heavy (non-hydrogen) atoms. The maximum absolute atomic E-state index is 12.7. The number of amides is 1. The van der Waals surface area contributed by atoms with Crippen LogP contribution in [0.25, 0.3) is 0 Å². The van der Waals surface area contributed by atoms with Gasteiger partial charge in [0.25, 0.3) is 0 Å². The Kier molecular flexibility index (Phi) is 7.70. The van der Waals surface area contributed by atoms with Crippen LogP contribution in [-0.4, -0.2) is 19.6 Å². The Morgan fingerprint density at radius 1 is 0.966 bits per heavy atom. The summed E-state index contributed by atoms with van der Waals surface area (Å²) in [6.07, 6.45) is 4.31. The van der Waals surface area contributed by atoms with Crippen molar-refractivity contribution in [3.8, 4) is 0 Å². The number of nitrogens with zero attached hydrogens (tertiary/aromatic N) is 3. The second kappa shape index (κ2) is 10.2. The van der Waals surface area contributed by atoms with Gasteiger partial charge in [0.15, 0.2) is 0 Å². The lowest BCUT2D eigenvalue weighted by Crippen LogP contribution is -2.55. The molecule has 0 radical (unpaired) electrons. The third-order valence-corrected chi connectivity index (χ3v) is 4.43. The Bertz CT molecular complexity index is 999. The van der Waals surface area contributed by atoms with Crippen LogP contribution in [0.4, 0.5) is 0 Å². The number of aromatic nitrogens is 3. The molecule has 2 aromatic rings. The first-order chi connectivity index (χ1) is 13.9. The van der Waals surface area contributed by atoms with Crippen molar-refractivity contribution in [2.24, 2.45) is 0 Å². The summed E-state index contributed by atoms with van der Waals surface area (Å²) in [7, 11) is 0. The number of rotatable bonds is 10. The molecule has 0 aliphatic carbocycles. The van der Waals surface area contributed by atoms with Crippen molar-refractivity contribution in [1.29, 1.82) is 0 Å². The van der Waals surface area contributed by atoms with Crippen LogP contribution in [0.2, 0.25) is 0 Å². The van der Waals surface area contributed by atoms with Crippen molar-refractivity contribution >= 4 is 5.91 Å². The van der Waals surface area contributed by atoms with Gasteiger partial charge in [0.1, 0.15) is 6.54 Å². The average molecular weight is 398 g/mol. The number of hydrogen-bond donors (Lipinski definition) is 1. The van der Waals surface area contributed by atoms with E-state index < -0.39 is 29.5 Å². The summed E-state index contributed by atoms with van der Waals surface area (Å²) in [6, 6.07) is 9.24. The van der Waals surface area contributed by atoms with E-state index in [1.165, 1.54) is 12.2 Å². The van der Waals surface area contributed by atoms with E-state index in [4.69, 9.17) is 0 Å². The molecule has 2 rings (SSSR count). The summed E-state index contributed by atoms with van der Waals surface area (Å²) < 4.78 is 2.50. The molecule has 154 valence electrons. The van der Waals surface area contributed by atoms with Gasteiger partial charge in [-0.25, -0.2) is 28.1 Å². The summed E-state index contributed by atoms with van der Waals surface area (Å²) in [5.74, 6) is -0.486. The zero-order chi connectivity index (χ0) is 21.4. The minimum absolute atomic E-state index is 0.0703. The molecule has 0 saturated heterocycles. The van der Waals surface area contributed by atoms with E-state index in [0.29, 0.717) is 6.42 Å². The van der Waals surface area contributed by atoms with Gasteiger partial charge in [0.2, 0.25) is 5.91 Å². The maximum Gasteiger partial charge on any atom is 0.337 e. The second-order valence-electron chi connectivity index (χ2n) is 6.55. The molecule has 1 heterocycles. The minimum atomic E-state index is -0.845. The largest absolute Gasteiger partial charge is 0.348 e. The summed E-state index contributed by atoms with van der Waals surface area (Å²) in [6.45, 7) is 8.43. The van der Waals surface area contributed by atoms with Crippen LogP contribution < -0.4 is 22.4 Å². The van der Waals surface area contributed by atoms with E-state index in [9.17, 15) is 19.2 Å². The Hall–Kier alpha value is -3.42. The van der Waals surface area contributed by atoms with Gasteiger partial charge >= 0.3 is 17.1 Å². The molecule has 0 saturated carbocycles. The average Bonchev–Trinajstić information content (AvgIpc) is 2.72. The molecule has 0 unspecified atom stereocenters. The Morgan fingerprint density at radius 2 is 1.48 bits per heavy atom. The highest BCUT2D eigenvalue weighted by Gasteiger charge is 2.19. The van der Waals surface area contributed by atoms with Crippen LogP contribution in [0.15, 0.2) is 70.0 Å². The lowest BCUT2D eigenvalue weighted by atomic mass is 10.0. The van der Waals surface area contributed by atoms with Crippen LogP contribution in [0, 0.1) is 0 Å². The van der Waals surface area contributed by atoms with Gasteiger partial charge in [0, 0.05) is 0 Å². The normalized spacial score (nSPS) is 11.6. The number of hydrogen-bond acceptors (Lipinski definition) is 4. The van der Waals surface area contributed by atoms with Crippen LogP contribution in [0.5, 0.6) is 0 Å². The standard InChI is InChI=1S/C21H26N4O4/c1-4-10-17(16-11-8-7-9-12-16)22-18(26)15-25-20(28)23(13-5-2)19(27)24(14-6-3)21(25)29/h5-9,11-12,17H,2-4,10,13-15H2,1H3,(H,22,26)/t17-/m1/s1. The Balaban J connectivity index is 2.39. The Morgan fingerprint density at radius 3 is 1.97 bits per heavy atom. The molecule has 8 nitrogen and oxygen atoms in total. The Labute approximate surface area is 168 Å². The van der Waals surface area contributed by atoms with Gasteiger partial charge in [0.05, 0.1) is 19.1 Å². The van der Waals surface area contributed by atoms with Crippen LogP contribution in [-0.2, 0) is 24.4 Å². The number of benzene rings is 1. The van der Waals surface area contributed by atoms with Crippen LogP contribution >= 0.6 is 0 Å². The first-order valence-electron chi connectivity index (χ1n) is 9.45. The van der Waals surface area contributed by atoms with Gasteiger partial charge in [-0.05, 0) is 12.0 Å². The van der Waals surface area contributed by atoms with Crippen molar-refractivity contribution in [3.05, 3.63) is 92.7 Å². The molecule has 1 atom stereocenters. The molecule has 0 aliphatic heterocycles. The highest BCUT2D eigenvalue weighted by atomic mass is 16.2. The van der Waals surface area contributed by atoms with Crippen molar-refractivity contribution in [2.45, 2.75) is 45.4 Å². The second-order valence-corrected chi connectivity index (χ2v) is 6.55. The van der Waals surface area contributed by atoms with E-state index in [1.54, 1.807) is 0 Å². The fourth-order valence-electron chi connectivity index (χ4n) is 3.07. The van der Waals surface area contributed by atoms with E-state index in [2.05, 4.69) is 18.5 Å². The summed E-state index contributed by atoms with van der Waals surface area (Å²) in [4.78, 5) is 50.3. The van der Waals surface area contributed by atoms with E-state index >= 15 is 0 Å². The molecule has 1 aromatic heterocycles. The minimum Gasteiger partial charge on any atom is -0.348 e. The molecular formula is C21H26N4O4. The van der Waals surface area contributed by atoms with Gasteiger partial charge in [-0.3, -0.25) is 4.79 Å². The third-order valence-electron chi connectivity index (χ3n) is 4.43. The van der Waals surface area contributed by atoms with Crippen molar-refractivity contribution in [3.63, 3.8) is 0 Å². The topological polar surface area (TPSA) is 95.1 Å². The summed E-state index contributed by atoms with van der Waals surface area (Å²) in [5, 5.41) is 2.88. The highest BCUT2D eigenvalue weighted by molar-refractivity contribution is 5.76. The van der Waals surface area contributed by atoms with Gasteiger partial charge in [-0.2, -0.15) is 0 Å². The van der Waals surface area contributed by atoms with Gasteiger partial charge in [-0.15, -0.1) is 13.2 Å². The summed E-state index contributed by atoms with van der Waals surface area (Å²) >= 11 is 0. The van der Waals surface area contributed by atoms with E-state index in [-0.39, 0.29) is 19.1 Å². The molecule has 1 N–H and O–H groups in total. The molecule has 1 amide bonds. The SMILES string of the molecule is C=CCn1c(=O)n(CC=C)c(=O)n(CC(=O)N[C@H](CCC)c2ccccc2)c1=O. The maximum atomic E-state index is 12.7. The zero-order valence-electron chi connectivity index (χ0n) is 16.5. The molecular weight excluding hydrogens is 372 g/mol. The van der Waals surface area contributed by atoms with E-state index in [1.807, 2.05) is 37.3 Å². The predicted molar refractivity (Wildman–Crippen MR) is 112 cm³/mol. The monoisotopic (exact) mass is 398 g/mol. The third kappa shape index (κ3) is 5.10. The number of allylic oxidation sites excluding steroid dienone is 2. The predicted octanol–water partition coefficient (Wildman–Crippen LogP) is 1.20. The molecule has 0 aliphatic rings. The van der Waals surface area contributed by atoms with Gasteiger partial charge < -0.3 is 5.32 Å². The quantitative estimate of drug-likeness (QED) is 0.609. The number of nitrogens with one attached hydrogen (secondary N) is 1. The lowest BCUT2D eigenvalue weighted by molar-refractivity contribution is -0.122. The fraction of sp³-hybridized carbons (Fsp3) is 0.333. The fourth-order valence-corrected chi connectivity index (χ4v) is 3.07. The number of carbonyl (C=O) groups is 1. The molecule has 0 bridgehead atoms. The molecule has 1 aromatic carbocycles. The van der Waals surface area contributed by atoms with Gasteiger partial charge in [-0.1, -0.05) is 55.8 Å². The van der Waals surface area contributed by atoms with Crippen LogP contribution in [0.3, 0.4) is 0 Å². The lowest BCUT2D eigenvalue weighted by Gasteiger charge is -2.19. The van der Waals surface area contributed by atoms with Crippen molar-refractivity contribution < 1.29 is 4.79 Å². The molecule has 8 heteroatoms. The van der Waals surface area contributed by atoms with Crippen LogP contribution in [0.1, 0.15) is 31.4 Å².